The lowest BCUT2D eigenvalue weighted by molar-refractivity contribution is 0.104. The molecule has 0 radical (unpaired) electrons. The molecule has 0 atom stereocenters. The maximum absolute atomic E-state index is 12.2. The molecule has 2 aromatic rings. The third-order valence-electron chi connectivity index (χ3n) is 3.90. The number of allylic oxidation sites excluding steroid dienone is 1. The lowest BCUT2D eigenvalue weighted by Crippen LogP contribution is -2.21. The van der Waals surface area contributed by atoms with Crippen LogP contribution in [0.15, 0.2) is 54.6 Å². The summed E-state index contributed by atoms with van der Waals surface area (Å²) in [6.07, 6.45) is 3.47. The van der Waals surface area contributed by atoms with Crippen molar-refractivity contribution in [3.63, 3.8) is 0 Å². The van der Waals surface area contributed by atoms with Gasteiger partial charge in [-0.2, -0.15) is 0 Å². The molecule has 0 amide bonds. The van der Waals surface area contributed by atoms with Crippen LogP contribution in [0.2, 0.25) is 0 Å². The van der Waals surface area contributed by atoms with Gasteiger partial charge in [0.1, 0.15) is 5.75 Å². The van der Waals surface area contributed by atoms with E-state index in [1.807, 2.05) is 37.3 Å². The summed E-state index contributed by atoms with van der Waals surface area (Å²) in [5.74, 6) is 0.774. The minimum atomic E-state index is -0.00846. The van der Waals surface area contributed by atoms with Crippen molar-refractivity contribution in [2.75, 3.05) is 24.6 Å². The second-order valence-corrected chi connectivity index (χ2v) is 5.42. The van der Waals surface area contributed by atoms with Crippen LogP contribution < -0.4 is 9.64 Å². The lowest BCUT2D eigenvalue weighted by atomic mass is 10.1. The summed E-state index contributed by atoms with van der Waals surface area (Å²) in [5, 5.41) is 0. The Hall–Kier alpha value is -2.55. The second-order valence-electron chi connectivity index (χ2n) is 5.42. The molecule has 0 aliphatic carbocycles. The zero-order valence-corrected chi connectivity index (χ0v) is 14.7. The van der Waals surface area contributed by atoms with E-state index in [-0.39, 0.29) is 5.78 Å². The van der Waals surface area contributed by atoms with E-state index in [0.717, 1.165) is 24.4 Å². The average molecular weight is 323 g/mol. The van der Waals surface area contributed by atoms with Crippen molar-refractivity contribution in [3.05, 3.63) is 65.7 Å². The summed E-state index contributed by atoms with van der Waals surface area (Å²) in [6, 6.07) is 15.5. The fraction of sp³-hybridized carbons (Fsp3) is 0.286. The molecule has 0 saturated heterocycles. The highest BCUT2D eigenvalue weighted by molar-refractivity contribution is 6.06. The molecule has 2 rings (SSSR count). The van der Waals surface area contributed by atoms with Crippen LogP contribution in [0.25, 0.3) is 6.08 Å². The zero-order valence-electron chi connectivity index (χ0n) is 14.7. The molecular weight excluding hydrogens is 298 g/mol. The fourth-order valence-corrected chi connectivity index (χ4v) is 2.54. The number of hydrogen-bond donors (Lipinski definition) is 0. The van der Waals surface area contributed by atoms with Crippen molar-refractivity contribution >= 4 is 17.5 Å². The summed E-state index contributed by atoms with van der Waals surface area (Å²) in [4.78, 5) is 14.5. The van der Waals surface area contributed by atoms with Crippen LogP contribution in [-0.2, 0) is 0 Å². The van der Waals surface area contributed by atoms with Gasteiger partial charge in [-0.3, -0.25) is 4.79 Å². The number of benzene rings is 2. The van der Waals surface area contributed by atoms with Gasteiger partial charge in [-0.25, -0.2) is 0 Å². The predicted molar refractivity (Wildman–Crippen MR) is 101 cm³/mol. The number of carbonyl (C=O) groups is 1. The second kappa shape index (κ2) is 8.92. The number of nitrogens with zero attached hydrogens (tertiary/aromatic N) is 1. The number of ketones is 1. The van der Waals surface area contributed by atoms with E-state index < -0.39 is 0 Å². The van der Waals surface area contributed by atoms with E-state index in [4.69, 9.17) is 4.74 Å². The first-order valence-electron chi connectivity index (χ1n) is 8.48. The van der Waals surface area contributed by atoms with Crippen LogP contribution in [0.5, 0.6) is 5.75 Å². The molecule has 126 valence electrons. The third kappa shape index (κ3) is 4.72. The summed E-state index contributed by atoms with van der Waals surface area (Å²) in [6.45, 7) is 8.83. The molecule has 0 N–H and O–H groups in total. The van der Waals surface area contributed by atoms with Crippen LogP contribution in [0.4, 0.5) is 5.69 Å². The number of hydrogen-bond acceptors (Lipinski definition) is 3. The van der Waals surface area contributed by atoms with Crippen LogP contribution >= 0.6 is 0 Å². The van der Waals surface area contributed by atoms with Crippen LogP contribution in [0, 0.1) is 0 Å². The Morgan fingerprint density at radius 1 is 0.958 bits per heavy atom. The summed E-state index contributed by atoms with van der Waals surface area (Å²) < 4.78 is 5.39. The van der Waals surface area contributed by atoms with Gasteiger partial charge in [0.25, 0.3) is 0 Å². The average Bonchev–Trinajstić information content (AvgIpc) is 2.63. The Morgan fingerprint density at radius 2 is 1.58 bits per heavy atom. The lowest BCUT2D eigenvalue weighted by Gasteiger charge is -2.20. The normalized spacial score (nSPS) is 10.8. The van der Waals surface area contributed by atoms with Crippen LogP contribution in [-0.4, -0.2) is 25.5 Å². The summed E-state index contributed by atoms with van der Waals surface area (Å²) >= 11 is 0. The van der Waals surface area contributed by atoms with Gasteiger partial charge in [0.15, 0.2) is 5.78 Å². The molecule has 0 saturated carbocycles. The first kappa shape index (κ1) is 17.8. The molecule has 0 spiro atoms. The van der Waals surface area contributed by atoms with Crippen molar-refractivity contribution in [3.8, 4) is 5.75 Å². The largest absolute Gasteiger partial charge is 0.494 e. The SMILES string of the molecule is CCOc1ccc(C(=O)/C=C/c2ccc(N(CC)CC)cc2)cc1. The molecule has 0 fully saturated rings. The van der Waals surface area contributed by atoms with E-state index in [1.54, 1.807) is 18.2 Å². The van der Waals surface area contributed by atoms with Gasteiger partial charge in [-0.1, -0.05) is 18.2 Å². The minimum Gasteiger partial charge on any atom is -0.494 e. The highest BCUT2D eigenvalue weighted by Crippen LogP contribution is 2.17. The Bertz CT molecular complexity index is 668. The summed E-state index contributed by atoms with van der Waals surface area (Å²) in [7, 11) is 0. The van der Waals surface area contributed by atoms with Gasteiger partial charge < -0.3 is 9.64 Å². The van der Waals surface area contributed by atoms with Crippen molar-refractivity contribution in [1.29, 1.82) is 0 Å². The molecular formula is C21H25NO2. The van der Waals surface area contributed by atoms with E-state index in [1.165, 1.54) is 5.69 Å². The molecule has 3 nitrogen and oxygen atoms in total. The zero-order chi connectivity index (χ0) is 17.4. The van der Waals surface area contributed by atoms with E-state index in [0.29, 0.717) is 12.2 Å². The molecule has 2 aromatic carbocycles. The Kier molecular flexibility index (Phi) is 6.62. The molecule has 3 heteroatoms. The number of ether oxygens (including phenoxy) is 1. The first-order chi connectivity index (χ1) is 11.7. The third-order valence-corrected chi connectivity index (χ3v) is 3.90. The highest BCUT2D eigenvalue weighted by Gasteiger charge is 2.03. The van der Waals surface area contributed by atoms with Gasteiger partial charge >= 0.3 is 0 Å². The maximum atomic E-state index is 12.2. The molecule has 0 aromatic heterocycles. The Labute approximate surface area is 144 Å². The maximum Gasteiger partial charge on any atom is 0.185 e. The van der Waals surface area contributed by atoms with Crippen molar-refractivity contribution in [1.82, 2.24) is 0 Å². The summed E-state index contributed by atoms with van der Waals surface area (Å²) in [5.41, 5.74) is 2.88. The molecule has 0 aliphatic heterocycles. The van der Waals surface area contributed by atoms with E-state index >= 15 is 0 Å². The molecule has 0 bridgehead atoms. The van der Waals surface area contributed by atoms with Gasteiger partial charge in [-0.15, -0.1) is 0 Å². The Morgan fingerprint density at radius 3 is 2.12 bits per heavy atom. The quantitative estimate of drug-likeness (QED) is 0.515. The van der Waals surface area contributed by atoms with Gasteiger partial charge in [0.2, 0.25) is 0 Å². The topological polar surface area (TPSA) is 29.5 Å². The fourth-order valence-electron chi connectivity index (χ4n) is 2.54. The van der Waals surface area contributed by atoms with Gasteiger partial charge in [-0.05, 0) is 68.8 Å². The van der Waals surface area contributed by atoms with Crippen LogP contribution in [0.1, 0.15) is 36.7 Å². The van der Waals surface area contributed by atoms with Crippen LogP contribution in [0.3, 0.4) is 0 Å². The standard InChI is InChI=1S/C21H25NO2/c1-4-22(5-2)19-12-7-17(8-13-19)9-16-21(23)18-10-14-20(15-11-18)24-6-3/h7-16H,4-6H2,1-3H3/b16-9+. The molecule has 0 aliphatic rings. The number of rotatable bonds is 8. The van der Waals surface area contributed by atoms with Gasteiger partial charge in [0.05, 0.1) is 6.61 Å². The molecule has 0 unspecified atom stereocenters. The number of carbonyl (C=O) groups excluding carboxylic acids is 1. The minimum absolute atomic E-state index is 0.00846. The first-order valence-corrected chi connectivity index (χ1v) is 8.48. The van der Waals surface area contributed by atoms with Crippen molar-refractivity contribution in [2.45, 2.75) is 20.8 Å². The Balaban J connectivity index is 2.03. The monoisotopic (exact) mass is 323 g/mol. The highest BCUT2D eigenvalue weighted by atomic mass is 16.5. The van der Waals surface area contributed by atoms with Crippen molar-refractivity contribution < 1.29 is 9.53 Å². The molecule has 0 heterocycles. The predicted octanol–water partition coefficient (Wildman–Crippen LogP) is 4.83. The van der Waals surface area contributed by atoms with E-state index in [2.05, 4.69) is 30.9 Å². The van der Waals surface area contributed by atoms with Crippen molar-refractivity contribution in [2.24, 2.45) is 0 Å². The smallest absolute Gasteiger partial charge is 0.185 e. The molecule has 24 heavy (non-hydrogen) atoms. The number of anilines is 1. The van der Waals surface area contributed by atoms with E-state index in [9.17, 15) is 4.79 Å². The van der Waals surface area contributed by atoms with Gasteiger partial charge in [0, 0.05) is 24.3 Å².